The van der Waals surface area contributed by atoms with Crippen LogP contribution >= 0.6 is 11.3 Å². The highest BCUT2D eigenvalue weighted by Gasteiger charge is 2.10. The molecule has 4 heteroatoms. The van der Waals surface area contributed by atoms with Gasteiger partial charge in [0.2, 0.25) is 0 Å². The quantitative estimate of drug-likeness (QED) is 0.724. The molecule has 0 unspecified atom stereocenters. The predicted molar refractivity (Wildman–Crippen MR) is 77.1 cm³/mol. The van der Waals surface area contributed by atoms with Crippen LogP contribution in [0.1, 0.15) is 17.1 Å². The van der Waals surface area contributed by atoms with Crippen molar-refractivity contribution in [3.63, 3.8) is 0 Å². The van der Waals surface area contributed by atoms with Crippen LogP contribution < -0.4 is 0 Å². The van der Waals surface area contributed by atoms with Gasteiger partial charge in [0.05, 0.1) is 23.5 Å². The topological polar surface area (TPSA) is 41.6 Å². The van der Waals surface area contributed by atoms with Crippen LogP contribution in [0.3, 0.4) is 0 Å². The van der Waals surface area contributed by atoms with Crippen molar-refractivity contribution in [1.29, 1.82) is 5.26 Å². The Labute approximate surface area is 115 Å². The van der Waals surface area contributed by atoms with E-state index in [0.717, 1.165) is 23.3 Å². The highest BCUT2D eigenvalue weighted by molar-refractivity contribution is 7.09. The van der Waals surface area contributed by atoms with Crippen LogP contribution in [-0.2, 0) is 13.0 Å². The third kappa shape index (κ3) is 2.38. The minimum atomic E-state index is 0.512. The molecule has 2 heterocycles. The molecular weight excluding hydrogens is 254 g/mol. The highest BCUT2D eigenvalue weighted by Crippen LogP contribution is 2.20. The van der Waals surface area contributed by atoms with Gasteiger partial charge in [-0.15, -0.1) is 11.3 Å². The number of benzene rings is 1. The largest absolute Gasteiger partial charge is 0.327 e. The molecule has 0 spiro atoms. The lowest BCUT2D eigenvalue weighted by Crippen LogP contribution is -2.03. The van der Waals surface area contributed by atoms with Crippen LogP contribution in [0.5, 0.6) is 0 Å². The predicted octanol–water partition coefficient (Wildman–Crippen LogP) is 3.60. The van der Waals surface area contributed by atoms with Crippen molar-refractivity contribution in [1.82, 2.24) is 9.55 Å². The van der Waals surface area contributed by atoms with Gasteiger partial charge in [0.25, 0.3) is 0 Å². The van der Waals surface area contributed by atoms with E-state index in [1.165, 1.54) is 4.88 Å². The number of aryl methyl sites for hydroxylation is 1. The normalized spacial score (nSPS) is 10.7. The lowest BCUT2D eigenvalue weighted by Gasteiger charge is -2.05. The molecule has 0 atom stereocenters. The number of thiophene rings is 1. The summed E-state index contributed by atoms with van der Waals surface area (Å²) in [4.78, 5) is 6.00. The maximum Gasteiger partial charge on any atom is 0.115 e. The van der Waals surface area contributed by atoms with Crippen molar-refractivity contribution >= 4 is 22.4 Å². The minimum absolute atomic E-state index is 0.512. The Kier molecular flexibility index (Phi) is 3.30. The number of fused-ring (bicyclic) bond motifs is 1. The van der Waals surface area contributed by atoms with E-state index in [4.69, 9.17) is 10.2 Å². The Hall–Kier alpha value is -2.12. The Balaban J connectivity index is 2.04. The van der Waals surface area contributed by atoms with Gasteiger partial charge >= 0.3 is 0 Å². The lowest BCUT2D eigenvalue weighted by atomic mass is 10.3. The fourth-order valence-corrected chi connectivity index (χ4v) is 2.94. The van der Waals surface area contributed by atoms with Gasteiger partial charge in [0.15, 0.2) is 0 Å². The third-order valence-corrected chi connectivity index (χ3v) is 3.97. The number of hydrogen-bond donors (Lipinski definition) is 0. The molecule has 0 aliphatic carbocycles. The zero-order valence-electron chi connectivity index (χ0n) is 10.4. The average Bonchev–Trinajstić information content (AvgIpc) is 3.04. The molecule has 3 nitrogen and oxygen atoms in total. The van der Waals surface area contributed by atoms with Crippen LogP contribution in [0, 0.1) is 11.3 Å². The van der Waals surface area contributed by atoms with Crippen LogP contribution in [-0.4, -0.2) is 9.55 Å². The first-order valence-electron chi connectivity index (χ1n) is 6.22. The fraction of sp³-hybridized carbons (Fsp3) is 0.200. The summed E-state index contributed by atoms with van der Waals surface area (Å²) in [5.41, 5.74) is 2.12. The molecule has 0 bridgehead atoms. The maximum atomic E-state index is 8.80. The average molecular weight is 267 g/mol. The number of aromatic nitrogens is 2. The molecular formula is C15H13N3S. The molecule has 3 rings (SSSR count). The van der Waals surface area contributed by atoms with E-state index >= 15 is 0 Å². The lowest BCUT2D eigenvalue weighted by molar-refractivity contribution is 0.697. The van der Waals surface area contributed by atoms with Crippen LogP contribution in [0.2, 0.25) is 0 Å². The smallest absolute Gasteiger partial charge is 0.115 e. The molecule has 2 aromatic heterocycles. The van der Waals surface area contributed by atoms with Gasteiger partial charge in [-0.3, -0.25) is 0 Å². The first-order valence-corrected chi connectivity index (χ1v) is 7.10. The zero-order chi connectivity index (χ0) is 13.1. The minimum Gasteiger partial charge on any atom is -0.327 e. The van der Waals surface area contributed by atoms with Gasteiger partial charge in [0, 0.05) is 17.8 Å². The van der Waals surface area contributed by atoms with E-state index in [1.807, 2.05) is 18.2 Å². The molecule has 0 fully saturated rings. The van der Waals surface area contributed by atoms with Crippen molar-refractivity contribution in [3.8, 4) is 6.07 Å². The molecule has 0 amide bonds. The van der Waals surface area contributed by atoms with E-state index in [1.54, 1.807) is 11.3 Å². The van der Waals surface area contributed by atoms with Crippen LogP contribution in [0.15, 0.2) is 41.8 Å². The van der Waals surface area contributed by atoms with E-state index in [9.17, 15) is 0 Å². The summed E-state index contributed by atoms with van der Waals surface area (Å²) in [6, 6.07) is 14.5. The number of nitrogens with zero attached hydrogens (tertiary/aromatic N) is 3. The summed E-state index contributed by atoms with van der Waals surface area (Å²) < 4.78 is 2.16. The Morgan fingerprint density at radius 2 is 2.11 bits per heavy atom. The SMILES string of the molecule is N#CCCn1c(Cc2cccs2)nc2ccccc21. The van der Waals surface area contributed by atoms with Crippen molar-refractivity contribution in [3.05, 3.63) is 52.5 Å². The summed E-state index contributed by atoms with van der Waals surface area (Å²) in [6.07, 6.45) is 1.34. The number of imidazole rings is 1. The standard InChI is InChI=1S/C15H13N3S/c16-8-4-9-18-14-7-2-1-6-13(14)17-15(18)11-12-5-3-10-19-12/h1-3,5-7,10H,4,9,11H2. The molecule has 0 saturated heterocycles. The molecule has 3 aromatic rings. The number of rotatable bonds is 4. The number of hydrogen-bond acceptors (Lipinski definition) is 3. The molecule has 0 saturated carbocycles. The van der Waals surface area contributed by atoms with Crippen molar-refractivity contribution < 1.29 is 0 Å². The Bertz CT molecular complexity index is 720. The summed E-state index contributed by atoms with van der Waals surface area (Å²) in [7, 11) is 0. The third-order valence-electron chi connectivity index (χ3n) is 3.09. The van der Waals surface area contributed by atoms with Crippen molar-refractivity contribution in [2.45, 2.75) is 19.4 Å². The van der Waals surface area contributed by atoms with E-state index < -0.39 is 0 Å². The first-order chi connectivity index (χ1) is 9.38. The van der Waals surface area contributed by atoms with Crippen molar-refractivity contribution in [2.75, 3.05) is 0 Å². The summed E-state index contributed by atoms with van der Waals surface area (Å²) in [5.74, 6) is 1.04. The van der Waals surface area contributed by atoms with Crippen molar-refractivity contribution in [2.24, 2.45) is 0 Å². The second-order valence-electron chi connectivity index (χ2n) is 4.33. The van der Waals surface area contributed by atoms with Crippen LogP contribution in [0.4, 0.5) is 0 Å². The molecule has 0 N–H and O–H groups in total. The van der Waals surface area contributed by atoms with Gasteiger partial charge in [-0.25, -0.2) is 4.98 Å². The molecule has 0 aliphatic heterocycles. The van der Waals surface area contributed by atoms with Gasteiger partial charge in [-0.1, -0.05) is 18.2 Å². The summed E-state index contributed by atoms with van der Waals surface area (Å²) >= 11 is 1.74. The Morgan fingerprint density at radius 3 is 2.89 bits per heavy atom. The molecule has 0 radical (unpaired) electrons. The van der Waals surface area contributed by atoms with Gasteiger partial charge in [-0.05, 0) is 23.6 Å². The monoisotopic (exact) mass is 267 g/mol. The van der Waals surface area contributed by atoms with Gasteiger partial charge in [-0.2, -0.15) is 5.26 Å². The maximum absolute atomic E-state index is 8.80. The molecule has 1 aromatic carbocycles. The second kappa shape index (κ2) is 5.25. The molecule has 0 aliphatic rings. The van der Waals surface area contributed by atoms with E-state index in [-0.39, 0.29) is 0 Å². The van der Waals surface area contributed by atoms with Crippen LogP contribution in [0.25, 0.3) is 11.0 Å². The zero-order valence-corrected chi connectivity index (χ0v) is 11.2. The van der Waals surface area contributed by atoms with Gasteiger partial charge < -0.3 is 4.57 Å². The number of para-hydroxylation sites is 2. The second-order valence-corrected chi connectivity index (χ2v) is 5.36. The van der Waals surface area contributed by atoms with E-state index in [0.29, 0.717) is 13.0 Å². The number of nitriles is 1. The van der Waals surface area contributed by atoms with E-state index in [2.05, 4.69) is 34.2 Å². The summed E-state index contributed by atoms with van der Waals surface area (Å²) in [5, 5.41) is 10.9. The fourth-order valence-electron chi connectivity index (χ4n) is 2.24. The first kappa shape index (κ1) is 11.9. The van der Waals surface area contributed by atoms with Gasteiger partial charge in [0.1, 0.15) is 5.82 Å². The summed E-state index contributed by atoms with van der Waals surface area (Å²) in [6.45, 7) is 0.706. The molecule has 19 heavy (non-hydrogen) atoms. The highest BCUT2D eigenvalue weighted by atomic mass is 32.1. The molecule has 94 valence electrons. The Morgan fingerprint density at radius 1 is 1.21 bits per heavy atom.